The van der Waals surface area contributed by atoms with Gasteiger partial charge in [-0.3, -0.25) is 4.98 Å². The molecule has 0 aliphatic carbocycles. The number of phenols is 1. The molecule has 4 rings (SSSR count). The highest BCUT2D eigenvalue weighted by Crippen LogP contribution is 2.27. The number of anilines is 1. The van der Waals surface area contributed by atoms with E-state index in [1.165, 1.54) is 0 Å². The van der Waals surface area contributed by atoms with Gasteiger partial charge < -0.3 is 21.1 Å². The maximum Gasteiger partial charge on any atom is 0.319 e. The first-order valence-corrected chi connectivity index (χ1v) is 10.0. The molecule has 0 aliphatic rings. The van der Waals surface area contributed by atoms with Gasteiger partial charge in [-0.2, -0.15) is 5.10 Å². The normalized spacial score (nSPS) is 11.5. The zero-order valence-corrected chi connectivity index (χ0v) is 17.1. The molecule has 0 spiro atoms. The largest absolute Gasteiger partial charge is 0.508 e. The van der Waals surface area contributed by atoms with Gasteiger partial charge in [0.1, 0.15) is 5.75 Å². The number of aromatic nitrogens is 3. The zero-order chi connectivity index (χ0) is 22.3. The van der Waals surface area contributed by atoms with Crippen LogP contribution in [0.3, 0.4) is 0 Å². The average Bonchev–Trinajstić information content (AvgIpc) is 3.35. The summed E-state index contributed by atoms with van der Waals surface area (Å²) >= 11 is 0. The topological polar surface area (TPSA) is 116 Å². The molecule has 8 nitrogen and oxygen atoms in total. The molecule has 8 heteroatoms. The molecular formula is C24H22N6O2. The number of hydrogen-bond acceptors (Lipinski definition) is 5. The molecule has 1 atom stereocenters. The van der Waals surface area contributed by atoms with Crippen LogP contribution in [0.4, 0.5) is 10.5 Å². The molecule has 0 radical (unpaired) electrons. The van der Waals surface area contributed by atoms with Gasteiger partial charge in [-0.25, -0.2) is 9.48 Å². The third kappa shape index (κ3) is 4.99. The van der Waals surface area contributed by atoms with Crippen LogP contribution in [0, 0.1) is 5.41 Å². The Kier molecular flexibility index (Phi) is 6.22. The van der Waals surface area contributed by atoms with Crippen molar-refractivity contribution in [2.24, 2.45) is 0 Å². The van der Waals surface area contributed by atoms with E-state index >= 15 is 0 Å². The van der Waals surface area contributed by atoms with Crippen molar-refractivity contribution in [2.75, 3.05) is 5.32 Å². The number of para-hydroxylation sites is 1. The van der Waals surface area contributed by atoms with Crippen molar-refractivity contribution in [3.63, 3.8) is 0 Å². The molecule has 2 heterocycles. The molecular weight excluding hydrogens is 404 g/mol. The molecule has 32 heavy (non-hydrogen) atoms. The molecule has 4 N–H and O–H groups in total. The highest BCUT2D eigenvalue weighted by Gasteiger charge is 2.20. The van der Waals surface area contributed by atoms with Gasteiger partial charge in [-0.15, -0.1) is 0 Å². The van der Waals surface area contributed by atoms with Crippen molar-refractivity contribution in [1.82, 2.24) is 20.1 Å². The fourth-order valence-corrected chi connectivity index (χ4v) is 3.33. The van der Waals surface area contributed by atoms with Gasteiger partial charge in [0, 0.05) is 53.7 Å². The number of aromatic hydroxyl groups is 1. The minimum atomic E-state index is -0.604. The maximum absolute atomic E-state index is 12.7. The molecule has 0 bridgehead atoms. The number of nitrogens with one attached hydrogen (secondary N) is 3. The van der Waals surface area contributed by atoms with Crippen molar-refractivity contribution in [3.8, 4) is 11.4 Å². The Labute approximate surface area is 185 Å². The van der Waals surface area contributed by atoms with Gasteiger partial charge in [0.2, 0.25) is 0 Å². The number of pyridine rings is 1. The zero-order valence-electron chi connectivity index (χ0n) is 17.1. The predicted octanol–water partition coefficient (Wildman–Crippen LogP) is 4.29. The summed E-state index contributed by atoms with van der Waals surface area (Å²) in [5, 5.41) is 28.6. The Morgan fingerprint density at radius 1 is 1.03 bits per heavy atom. The molecule has 2 aromatic carbocycles. The monoisotopic (exact) mass is 426 g/mol. The van der Waals surface area contributed by atoms with E-state index in [0.717, 1.165) is 5.69 Å². The van der Waals surface area contributed by atoms with Crippen molar-refractivity contribution in [2.45, 2.75) is 12.5 Å². The van der Waals surface area contributed by atoms with Gasteiger partial charge >= 0.3 is 6.03 Å². The fraction of sp³-hybridized carbons (Fsp3) is 0.0833. The second-order valence-corrected chi connectivity index (χ2v) is 7.13. The molecule has 4 aromatic rings. The average molecular weight is 426 g/mol. The minimum Gasteiger partial charge on any atom is -0.508 e. The molecule has 0 saturated heterocycles. The van der Waals surface area contributed by atoms with Gasteiger partial charge in [-0.05, 0) is 42.5 Å². The number of urea groups is 1. The summed E-state index contributed by atoms with van der Waals surface area (Å²) < 4.78 is 1.72. The number of hydrogen-bond donors (Lipinski definition) is 4. The summed E-state index contributed by atoms with van der Waals surface area (Å²) in [6, 6.07) is 18.4. The highest BCUT2D eigenvalue weighted by molar-refractivity contribution is 5.99. The molecule has 0 fully saturated rings. The summed E-state index contributed by atoms with van der Waals surface area (Å²) in [7, 11) is 0. The molecule has 2 aromatic heterocycles. The van der Waals surface area contributed by atoms with Crippen LogP contribution in [-0.4, -0.2) is 31.6 Å². The number of rotatable bonds is 7. The fourth-order valence-electron chi connectivity index (χ4n) is 3.33. The number of carbonyl (C=O) groups is 1. The first-order chi connectivity index (χ1) is 15.6. The van der Waals surface area contributed by atoms with Crippen molar-refractivity contribution >= 4 is 17.4 Å². The summed E-state index contributed by atoms with van der Waals surface area (Å²) in [5.74, 6) is 0.0559. The van der Waals surface area contributed by atoms with Crippen LogP contribution in [0.15, 0.2) is 91.5 Å². The first kappa shape index (κ1) is 20.8. The number of benzene rings is 2. The van der Waals surface area contributed by atoms with Crippen LogP contribution in [0.1, 0.15) is 23.6 Å². The van der Waals surface area contributed by atoms with Crippen LogP contribution >= 0.6 is 0 Å². The second-order valence-electron chi connectivity index (χ2n) is 7.13. The molecule has 0 aliphatic heterocycles. The lowest BCUT2D eigenvalue weighted by molar-refractivity contribution is 0.248. The number of phenolic OH excluding ortho intramolecular Hbond substituents is 1. The van der Waals surface area contributed by atoms with E-state index in [0.29, 0.717) is 22.5 Å². The lowest BCUT2D eigenvalue weighted by Gasteiger charge is -2.21. The lowest BCUT2D eigenvalue weighted by Crippen LogP contribution is -2.34. The van der Waals surface area contributed by atoms with E-state index < -0.39 is 12.1 Å². The van der Waals surface area contributed by atoms with Crippen LogP contribution in [0.25, 0.3) is 5.69 Å². The van der Waals surface area contributed by atoms with Crippen LogP contribution in [0.5, 0.6) is 5.75 Å². The Morgan fingerprint density at radius 3 is 2.53 bits per heavy atom. The SMILES string of the molecule is N=C(CC(NC(=O)Nc1ccc(-n2cccn2)cc1)c1ccccc1O)c1cccnc1. The van der Waals surface area contributed by atoms with Crippen LogP contribution < -0.4 is 10.6 Å². The van der Waals surface area contributed by atoms with Crippen LogP contribution in [0.2, 0.25) is 0 Å². The van der Waals surface area contributed by atoms with Crippen molar-refractivity contribution < 1.29 is 9.90 Å². The summed E-state index contributed by atoms with van der Waals surface area (Å²) in [6.07, 6.45) is 6.96. The van der Waals surface area contributed by atoms with E-state index in [4.69, 9.17) is 5.41 Å². The third-order valence-corrected chi connectivity index (χ3v) is 4.93. The quantitative estimate of drug-likeness (QED) is 0.330. The smallest absolute Gasteiger partial charge is 0.319 e. The van der Waals surface area contributed by atoms with Crippen LogP contribution in [-0.2, 0) is 0 Å². The van der Waals surface area contributed by atoms with Crippen molar-refractivity contribution in [1.29, 1.82) is 5.41 Å². The Bertz CT molecular complexity index is 1190. The standard InChI is InChI=1S/C24H22N6O2/c25-21(17-5-3-12-26-16-17)15-22(20-6-1-2-7-23(20)31)29-24(32)28-18-8-10-19(11-9-18)30-14-4-13-27-30/h1-14,16,22,25,31H,15H2,(H2,28,29,32). The van der Waals surface area contributed by atoms with E-state index in [2.05, 4.69) is 20.7 Å². The molecule has 0 saturated carbocycles. The lowest BCUT2D eigenvalue weighted by atomic mass is 9.97. The minimum absolute atomic E-state index is 0.0559. The first-order valence-electron chi connectivity index (χ1n) is 10.0. The Balaban J connectivity index is 1.48. The van der Waals surface area contributed by atoms with E-state index in [1.807, 2.05) is 24.4 Å². The van der Waals surface area contributed by atoms with Gasteiger partial charge in [0.25, 0.3) is 0 Å². The Morgan fingerprint density at radius 2 is 1.84 bits per heavy atom. The van der Waals surface area contributed by atoms with E-state index in [1.54, 1.807) is 71.8 Å². The summed E-state index contributed by atoms with van der Waals surface area (Å²) in [5.41, 5.74) is 2.97. The van der Waals surface area contributed by atoms with Gasteiger partial charge in [0.05, 0.1) is 11.7 Å². The molecule has 2 amide bonds. The third-order valence-electron chi connectivity index (χ3n) is 4.93. The summed E-state index contributed by atoms with van der Waals surface area (Å²) in [4.78, 5) is 16.8. The maximum atomic E-state index is 12.7. The van der Waals surface area contributed by atoms with Crippen molar-refractivity contribution in [3.05, 3.63) is 103 Å². The van der Waals surface area contributed by atoms with E-state index in [-0.39, 0.29) is 12.2 Å². The molecule has 1 unspecified atom stereocenters. The van der Waals surface area contributed by atoms with E-state index in [9.17, 15) is 9.90 Å². The Hall–Kier alpha value is -4.46. The number of nitrogens with zero attached hydrogens (tertiary/aromatic N) is 3. The number of amides is 2. The summed E-state index contributed by atoms with van der Waals surface area (Å²) in [6.45, 7) is 0. The number of carbonyl (C=O) groups excluding carboxylic acids is 1. The van der Waals surface area contributed by atoms with Gasteiger partial charge in [0.15, 0.2) is 0 Å². The second kappa shape index (κ2) is 9.57. The highest BCUT2D eigenvalue weighted by atomic mass is 16.3. The van der Waals surface area contributed by atoms with Gasteiger partial charge in [-0.1, -0.05) is 24.3 Å². The predicted molar refractivity (Wildman–Crippen MR) is 122 cm³/mol. The molecule has 160 valence electrons.